The highest BCUT2D eigenvalue weighted by molar-refractivity contribution is 5.92. The van der Waals surface area contributed by atoms with Crippen LogP contribution in [-0.4, -0.2) is 55.8 Å². The van der Waals surface area contributed by atoms with E-state index in [1.807, 2.05) is 60.7 Å². The van der Waals surface area contributed by atoms with Crippen molar-refractivity contribution in [3.8, 4) is 0 Å². The molecule has 2 N–H and O–H groups in total. The molecule has 0 fully saturated rings. The SMILES string of the molecule is C[C@@H](CC(C(=O)NCCO)(c1ccccc1)c1ccccc1)[N+](C)(C)C. The molecule has 0 radical (unpaired) electrons. The van der Waals surface area contributed by atoms with Crippen molar-refractivity contribution in [2.24, 2.45) is 0 Å². The molecular weight excluding hydrogens is 324 g/mol. The van der Waals surface area contributed by atoms with Crippen molar-refractivity contribution >= 4 is 5.91 Å². The minimum Gasteiger partial charge on any atom is -0.395 e. The van der Waals surface area contributed by atoms with Crippen molar-refractivity contribution in [1.29, 1.82) is 0 Å². The first kappa shape index (κ1) is 20.1. The average molecular weight is 356 g/mol. The second-order valence-corrected chi connectivity index (χ2v) is 7.79. The Morgan fingerprint density at radius 3 is 1.85 bits per heavy atom. The fraction of sp³-hybridized carbons (Fsp3) is 0.409. The van der Waals surface area contributed by atoms with E-state index < -0.39 is 5.41 Å². The first-order chi connectivity index (χ1) is 12.3. The van der Waals surface area contributed by atoms with Crippen LogP contribution in [0.25, 0.3) is 0 Å². The summed E-state index contributed by atoms with van der Waals surface area (Å²) in [6.45, 7) is 2.36. The first-order valence-electron chi connectivity index (χ1n) is 9.13. The largest absolute Gasteiger partial charge is 0.395 e. The van der Waals surface area contributed by atoms with E-state index in [0.717, 1.165) is 15.6 Å². The predicted molar refractivity (Wildman–Crippen MR) is 106 cm³/mol. The summed E-state index contributed by atoms with van der Waals surface area (Å²) in [5.41, 5.74) is 1.15. The maximum Gasteiger partial charge on any atom is 0.235 e. The zero-order valence-electron chi connectivity index (χ0n) is 16.3. The Bertz CT molecular complexity index is 654. The van der Waals surface area contributed by atoms with Gasteiger partial charge in [0.2, 0.25) is 5.91 Å². The number of rotatable bonds is 8. The van der Waals surface area contributed by atoms with Gasteiger partial charge < -0.3 is 14.9 Å². The monoisotopic (exact) mass is 355 g/mol. The van der Waals surface area contributed by atoms with E-state index in [1.54, 1.807) is 0 Å². The van der Waals surface area contributed by atoms with Crippen molar-refractivity contribution in [3.05, 3.63) is 71.8 Å². The highest BCUT2D eigenvalue weighted by Gasteiger charge is 2.45. The zero-order chi connectivity index (χ0) is 19.2. The lowest BCUT2D eigenvalue weighted by Gasteiger charge is -2.40. The zero-order valence-corrected chi connectivity index (χ0v) is 16.3. The molecule has 0 bridgehead atoms. The van der Waals surface area contributed by atoms with Crippen LogP contribution in [0.2, 0.25) is 0 Å². The summed E-state index contributed by atoms with van der Waals surface area (Å²) < 4.78 is 0.759. The fourth-order valence-corrected chi connectivity index (χ4v) is 3.24. The fourth-order valence-electron chi connectivity index (χ4n) is 3.24. The van der Waals surface area contributed by atoms with Gasteiger partial charge in [-0.25, -0.2) is 0 Å². The van der Waals surface area contributed by atoms with Crippen LogP contribution in [0.15, 0.2) is 60.7 Å². The molecule has 0 unspecified atom stereocenters. The molecular formula is C22H31N2O2+. The normalized spacial score (nSPS) is 13.3. The second-order valence-electron chi connectivity index (χ2n) is 7.79. The molecule has 0 aliphatic carbocycles. The Morgan fingerprint density at radius 2 is 1.46 bits per heavy atom. The molecule has 0 spiro atoms. The number of benzene rings is 2. The van der Waals surface area contributed by atoms with E-state index in [9.17, 15) is 9.90 Å². The molecule has 1 amide bonds. The molecule has 140 valence electrons. The molecule has 2 aromatic rings. The van der Waals surface area contributed by atoms with Crippen molar-refractivity contribution in [1.82, 2.24) is 5.32 Å². The first-order valence-corrected chi connectivity index (χ1v) is 9.13. The number of amides is 1. The number of aliphatic hydroxyl groups excluding tert-OH is 1. The topological polar surface area (TPSA) is 49.3 Å². The number of carbonyl (C=O) groups is 1. The Morgan fingerprint density at radius 1 is 1.00 bits per heavy atom. The highest BCUT2D eigenvalue weighted by atomic mass is 16.3. The smallest absolute Gasteiger partial charge is 0.235 e. The van der Waals surface area contributed by atoms with Gasteiger partial charge in [-0.1, -0.05) is 60.7 Å². The lowest BCUT2D eigenvalue weighted by Crippen LogP contribution is -2.53. The lowest BCUT2D eigenvalue weighted by molar-refractivity contribution is -0.894. The van der Waals surface area contributed by atoms with Crippen LogP contribution in [0.4, 0.5) is 0 Å². The molecule has 0 saturated carbocycles. The molecule has 0 aliphatic heterocycles. The maximum absolute atomic E-state index is 13.5. The van der Waals surface area contributed by atoms with E-state index >= 15 is 0 Å². The molecule has 4 nitrogen and oxygen atoms in total. The third-order valence-corrected chi connectivity index (χ3v) is 5.24. The van der Waals surface area contributed by atoms with Gasteiger partial charge in [0.15, 0.2) is 0 Å². The summed E-state index contributed by atoms with van der Waals surface area (Å²) in [6, 6.07) is 20.2. The molecule has 0 heterocycles. The Balaban J connectivity index is 2.65. The van der Waals surface area contributed by atoms with Crippen LogP contribution in [0.5, 0.6) is 0 Å². The third-order valence-electron chi connectivity index (χ3n) is 5.24. The van der Waals surface area contributed by atoms with Crippen LogP contribution in [0.3, 0.4) is 0 Å². The molecule has 0 aliphatic rings. The van der Waals surface area contributed by atoms with Gasteiger partial charge in [-0.2, -0.15) is 0 Å². The Hall–Kier alpha value is -2.17. The van der Waals surface area contributed by atoms with E-state index in [1.165, 1.54) is 0 Å². The van der Waals surface area contributed by atoms with Crippen LogP contribution in [0.1, 0.15) is 24.5 Å². The molecule has 26 heavy (non-hydrogen) atoms. The number of carbonyl (C=O) groups excluding carboxylic acids is 1. The minimum absolute atomic E-state index is 0.0655. The summed E-state index contributed by atoms with van der Waals surface area (Å²) in [6.07, 6.45) is 0.668. The third kappa shape index (κ3) is 4.32. The van der Waals surface area contributed by atoms with E-state index in [4.69, 9.17) is 0 Å². The van der Waals surface area contributed by atoms with Crippen LogP contribution in [0, 0.1) is 0 Å². The average Bonchev–Trinajstić information content (AvgIpc) is 2.64. The summed E-state index contributed by atoms with van der Waals surface area (Å²) in [4.78, 5) is 13.5. The van der Waals surface area contributed by atoms with Gasteiger partial charge in [0.05, 0.1) is 33.8 Å². The van der Waals surface area contributed by atoms with Crippen molar-refractivity contribution in [2.45, 2.75) is 24.8 Å². The Labute approximate surface area is 157 Å². The quantitative estimate of drug-likeness (QED) is 0.715. The van der Waals surface area contributed by atoms with Crippen molar-refractivity contribution < 1.29 is 14.4 Å². The number of hydrogen-bond donors (Lipinski definition) is 2. The van der Waals surface area contributed by atoms with Crippen LogP contribution in [-0.2, 0) is 10.2 Å². The number of quaternary nitrogens is 1. The van der Waals surface area contributed by atoms with Crippen LogP contribution >= 0.6 is 0 Å². The number of nitrogens with one attached hydrogen (secondary N) is 1. The van der Waals surface area contributed by atoms with Crippen molar-refractivity contribution in [3.63, 3.8) is 0 Å². The molecule has 4 heteroatoms. The van der Waals surface area contributed by atoms with Gasteiger partial charge in [0, 0.05) is 13.0 Å². The van der Waals surface area contributed by atoms with E-state index in [2.05, 4.69) is 33.4 Å². The van der Waals surface area contributed by atoms with Gasteiger partial charge in [-0.15, -0.1) is 0 Å². The maximum atomic E-state index is 13.5. The van der Waals surface area contributed by atoms with Crippen LogP contribution < -0.4 is 5.32 Å². The van der Waals surface area contributed by atoms with Crippen molar-refractivity contribution in [2.75, 3.05) is 34.3 Å². The van der Waals surface area contributed by atoms with Gasteiger partial charge in [-0.05, 0) is 18.1 Å². The highest BCUT2D eigenvalue weighted by Crippen LogP contribution is 2.38. The Kier molecular flexibility index (Phi) is 6.57. The van der Waals surface area contributed by atoms with Gasteiger partial charge in [-0.3, -0.25) is 4.79 Å². The van der Waals surface area contributed by atoms with E-state index in [-0.39, 0.29) is 25.1 Å². The molecule has 0 aromatic heterocycles. The lowest BCUT2D eigenvalue weighted by atomic mass is 9.69. The van der Waals surface area contributed by atoms with Gasteiger partial charge >= 0.3 is 0 Å². The van der Waals surface area contributed by atoms with Gasteiger partial charge in [0.1, 0.15) is 5.41 Å². The van der Waals surface area contributed by atoms with Gasteiger partial charge in [0.25, 0.3) is 0 Å². The molecule has 2 aromatic carbocycles. The minimum atomic E-state index is -0.803. The predicted octanol–water partition coefficient (Wildman–Crippen LogP) is 2.57. The summed E-state index contributed by atoms with van der Waals surface area (Å²) in [5, 5.41) is 12.1. The second kappa shape index (κ2) is 8.47. The molecule has 2 rings (SSSR count). The number of aliphatic hydroxyl groups is 1. The molecule has 0 saturated heterocycles. The standard InChI is InChI=1S/C22H30N2O2/c1-18(24(2,3)4)17-22(21(26)23-15-16-25,19-11-7-5-8-12-19)20-13-9-6-10-14-20/h5-14,18,25H,15-17H2,1-4H3/p+1/t18-/m0/s1. The summed E-state index contributed by atoms with van der Waals surface area (Å²) in [5.74, 6) is -0.0655. The summed E-state index contributed by atoms with van der Waals surface area (Å²) >= 11 is 0. The number of hydrogen-bond acceptors (Lipinski definition) is 2. The number of nitrogens with zero attached hydrogens (tertiary/aromatic N) is 1. The molecule has 1 atom stereocenters. The summed E-state index contributed by atoms with van der Waals surface area (Å²) in [7, 11) is 6.45. The van der Waals surface area contributed by atoms with E-state index in [0.29, 0.717) is 6.42 Å².